The number of allylic oxidation sites excluding steroid dienone is 5. The summed E-state index contributed by atoms with van der Waals surface area (Å²) in [5.74, 6) is 0.364. The van der Waals surface area contributed by atoms with Gasteiger partial charge in [-0.15, -0.1) is 0 Å². The van der Waals surface area contributed by atoms with Gasteiger partial charge in [-0.3, -0.25) is 9.59 Å². The summed E-state index contributed by atoms with van der Waals surface area (Å²) in [7, 11) is 0. The molecule has 0 bridgehead atoms. The highest BCUT2D eigenvalue weighted by Gasteiger charge is 2.59. The van der Waals surface area contributed by atoms with Crippen LogP contribution in [0.2, 0.25) is 0 Å². The van der Waals surface area contributed by atoms with Crippen molar-refractivity contribution in [1.29, 1.82) is 0 Å². The van der Waals surface area contributed by atoms with Gasteiger partial charge >= 0.3 is 5.97 Å². The second-order valence-corrected chi connectivity index (χ2v) is 9.44. The minimum absolute atomic E-state index is 0.0628. The van der Waals surface area contributed by atoms with Crippen molar-refractivity contribution >= 4 is 11.8 Å². The maximum Gasteiger partial charge on any atom is 0.302 e. The first kappa shape index (κ1) is 19.6. The lowest BCUT2D eigenvalue weighted by Gasteiger charge is -2.58. The van der Waals surface area contributed by atoms with E-state index in [1.165, 1.54) is 12.5 Å². The summed E-state index contributed by atoms with van der Waals surface area (Å²) in [6.45, 7) is 5.55. The molecule has 0 saturated heterocycles. The lowest BCUT2D eigenvalue weighted by atomic mass is 9.46. The zero-order chi connectivity index (χ0) is 20.3. The molecule has 0 spiro atoms. The molecule has 3 unspecified atom stereocenters. The van der Waals surface area contributed by atoms with Crippen LogP contribution in [0, 0.1) is 28.6 Å². The maximum absolute atomic E-state index is 11.9. The minimum atomic E-state index is -0.870. The summed E-state index contributed by atoms with van der Waals surface area (Å²) in [4.78, 5) is 23.1. The molecule has 2 fully saturated rings. The van der Waals surface area contributed by atoms with Crippen molar-refractivity contribution in [2.75, 3.05) is 6.61 Å². The molecule has 2 N–H and O–H groups in total. The molecule has 5 nitrogen and oxygen atoms in total. The van der Waals surface area contributed by atoms with Crippen LogP contribution in [0.1, 0.15) is 46.5 Å². The molecule has 0 amide bonds. The number of esters is 1. The van der Waals surface area contributed by atoms with Gasteiger partial charge in [0.2, 0.25) is 0 Å². The van der Waals surface area contributed by atoms with E-state index in [1.807, 2.05) is 12.2 Å². The molecular weight excluding hydrogens is 356 g/mol. The maximum atomic E-state index is 11.9. The Morgan fingerprint density at radius 3 is 2.79 bits per heavy atom. The van der Waals surface area contributed by atoms with E-state index in [0.717, 1.165) is 18.4 Å². The smallest absolute Gasteiger partial charge is 0.302 e. The van der Waals surface area contributed by atoms with E-state index in [9.17, 15) is 19.8 Å². The van der Waals surface area contributed by atoms with Gasteiger partial charge in [0, 0.05) is 24.7 Å². The van der Waals surface area contributed by atoms with Crippen LogP contribution < -0.4 is 0 Å². The third-order valence-electron chi connectivity index (χ3n) is 7.89. The zero-order valence-corrected chi connectivity index (χ0v) is 16.9. The van der Waals surface area contributed by atoms with E-state index in [1.54, 1.807) is 6.08 Å². The number of ketones is 1. The first-order valence-corrected chi connectivity index (χ1v) is 10.3. The largest absolute Gasteiger partial charge is 0.463 e. The highest BCUT2D eigenvalue weighted by atomic mass is 16.5. The number of carbonyl (C=O) groups is 2. The van der Waals surface area contributed by atoms with Crippen molar-refractivity contribution in [2.24, 2.45) is 28.6 Å². The van der Waals surface area contributed by atoms with Crippen LogP contribution in [0.5, 0.6) is 0 Å². The van der Waals surface area contributed by atoms with Crippen LogP contribution in [0.4, 0.5) is 0 Å². The Hall–Kier alpha value is -1.72. The molecule has 7 atom stereocenters. The van der Waals surface area contributed by atoms with Gasteiger partial charge in [-0.05, 0) is 48.2 Å². The van der Waals surface area contributed by atoms with Crippen molar-refractivity contribution in [1.82, 2.24) is 0 Å². The molecule has 0 aromatic carbocycles. The lowest BCUT2D eigenvalue weighted by Crippen LogP contribution is -2.55. The minimum Gasteiger partial charge on any atom is -0.463 e. The number of aliphatic hydroxyl groups is 2. The molecule has 4 aliphatic carbocycles. The molecule has 0 aromatic rings. The van der Waals surface area contributed by atoms with Gasteiger partial charge in [-0.2, -0.15) is 0 Å². The first-order valence-electron chi connectivity index (χ1n) is 10.3. The Kier molecular flexibility index (Phi) is 4.66. The van der Waals surface area contributed by atoms with E-state index >= 15 is 0 Å². The number of rotatable bonds is 3. The van der Waals surface area contributed by atoms with Gasteiger partial charge in [-0.25, -0.2) is 0 Å². The lowest BCUT2D eigenvalue weighted by molar-refractivity contribution is -0.143. The summed E-state index contributed by atoms with van der Waals surface area (Å²) in [5.41, 5.74) is 1.49. The van der Waals surface area contributed by atoms with Crippen LogP contribution in [0.25, 0.3) is 0 Å². The van der Waals surface area contributed by atoms with Crippen LogP contribution >= 0.6 is 0 Å². The van der Waals surface area contributed by atoms with Crippen molar-refractivity contribution in [2.45, 2.75) is 58.7 Å². The summed E-state index contributed by atoms with van der Waals surface area (Å²) in [5, 5.41) is 21.9. The Bertz CT molecular complexity index is 793. The number of fused-ring (bicyclic) bond motifs is 5. The van der Waals surface area contributed by atoms with Crippen molar-refractivity contribution < 1.29 is 24.5 Å². The Morgan fingerprint density at radius 1 is 1.32 bits per heavy atom. The molecule has 0 radical (unpaired) electrons. The Labute approximate surface area is 166 Å². The second kappa shape index (κ2) is 6.67. The average Bonchev–Trinajstić information content (AvgIpc) is 2.96. The van der Waals surface area contributed by atoms with Gasteiger partial charge in [0.05, 0.1) is 6.10 Å². The molecule has 0 heterocycles. The quantitative estimate of drug-likeness (QED) is 0.729. The summed E-state index contributed by atoms with van der Waals surface area (Å²) in [6.07, 6.45) is 9.46. The molecule has 0 aromatic heterocycles. The Morgan fingerprint density at radius 2 is 2.07 bits per heavy atom. The van der Waals surface area contributed by atoms with Gasteiger partial charge in [0.15, 0.2) is 5.78 Å². The zero-order valence-electron chi connectivity index (χ0n) is 16.9. The molecular formula is C23H30O5. The molecule has 0 aliphatic heterocycles. The number of hydrogen-bond acceptors (Lipinski definition) is 5. The summed E-state index contributed by atoms with van der Waals surface area (Å²) in [6, 6.07) is 0. The van der Waals surface area contributed by atoms with Crippen LogP contribution in [-0.4, -0.2) is 40.8 Å². The first-order chi connectivity index (χ1) is 13.2. The van der Waals surface area contributed by atoms with Gasteiger partial charge < -0.3 is 14.9 Å². The SMILES string of the molecule is CC(=O)OCC(O)C1=CC=C2[C@@H]3CCC4CC(=O)C=C[C@]4(C)[C@H]3C(O)C[C@]12C. The predicted octanol–water partition coefficient (Wildman–Crippen LogP) is 2.73. The monoisotopic (exact) mass is 386 g/mol. The fourth-order valence-electron chi connectivity index (χ4n) is 6.55. The number of ether oxygens (including phenoxy) is 1. The third-order valence-corrected chi connectivity index (χ3v) is 7.89. The average molecular weight is 386 g/mol. The van der Waals surface area contributed by atoms with E-state index in [2.05, 4.69) is 19.9 Å². The van der Waals surface area contributed by atoms with Crippen molar-refractivity contribution in [3.05, 3.63) is 35.5 Å². The normalized spacial score (nSPS) is 42.7. The van der Waals surface area contributed by atoms with Gasteiger partial charge in [0.1, 0.15) is 12.7 Å². The summed E-state index contributed by atoms with van der Waals surface area (Å²) >= 11 is 0. The fourth-order valence-corrected chi connectivity index (χ4v) is 6.55. The number of carbonyl (C=O) groups excluding carboxylic acids is 2. The summed E-state index contributed by atoms with van der Waals surface area (Å²) < 4.78 is 5.01. The van der Waals surface area contributed by atoms with Gasteiger partial charge in [0.25, 0.3) is 0 Å². The molecule has 152 valence electrons. The standard InChI is InChI=1S/C23H30O5/c1-13(24)28-12-20(27)18-7-6-17-16-5-4-14-10-15(25)8-9-22(14,2)21(16)19(26)11-23(17,18)3/h6-9,14,16,19-21,26-27H,4-5,10-12H2,1-3H3/t14?,16-,19?,20?,21+,22-,23-/m0/s1. The number of aliphatic hydroxyl groups excluding tert-OH is 2. The highest BCUT2D eigenvalue weighted by Crippen LogP contribution is 2.64. The van der Waals surface area contributed by atoms with E-state index in [-0.39, 0.29) is 35.6 Å². The molecule has 4 aliphatic rings. The van der Waals surface area contributed by atoms with E-state index in [4.69, 9.17) is 4.74 Å². The van der Waals surface area contributed by atoms with Crippen LogP contribution in [-0.2, 0) is 14.3 Å². The van der Waals surface area contributed by atoms with Crippen molar-refractivity contribution in [3.8, 4) is 0 Å². The second-order valence-electron chi connectivity index (χ2n) is 9.44. The van der Waals surface area contributed by atoms with Crippen LogP contribution in [0.3, 0.4) is 0 Å². The molecule has 4 rings (SSSR count). The van der Waals surface area contributed by atoms with E-state index < -0.39 is 23.6 Å². The number of hydrogen-bond donors (Lipinski definition) is 2. The Balaban J connectivity index is 1.62. The molecule has 2 saturated carbocycles. The van der Waals surface area contributed by atoms with Crippen molar-refractivity contribution in [3.63, 3.8) is 0 Å². The third kappa shape index (κ3) is 2.82. The van der Waals surface area contributed by atoms with Crippen LogP contribution in [0.15, 0.2) is 35.5 Å². The highest BCUT2D eigenvalue weighted by molar-refractivity contribution is 5.91. The predicted molar refractivity (Wildman–Crippen MR) is 104 cm³/mol. The van der Waals surface area contributed by atoms with E-state index in [0.29, 0.717) is 12.8 Å². The fraction of sp³-hybridized carbons (Fsp3) is 0.652. The topological polar surface area (TPSA) is 83.8 Å². The molecule has 5 heteroatoms. The molecule has 28 heavy (non-hydrogen) atoms. The van der Waals surface area contributed by atoms with Gasteiger partial charge in [-0.1, -0.05) is 37.6 Å².